The molecule has 2 aromatic carbocycles. The van der Waals surface area contributed by atoms with E-state index in [-0.39, 0.29) is 6.42 Å². The minimum absolute atomic E-state index is 0.352. The summed E-state index contributed by atoms with van der Waals surface area (Å²) in [6, 6.07) is 15.5. The summed E-state index contributed by atoms with van der Waals surface area (Å²) in [6.45, 7) is -0.522. The van der Waals surface area contributed by atoms with Gasteiger partial charge in [-0.1, -0.05) is 60.7 Å². The number of rotatable bonds is 8. The number of hydrogen-bond donors (Lipinski definition) is 4. The number of nitrogens with two attached hydrogens (primary N) is 2. The molecule has 0 spiro atoms. The minimum Gasteiger partial charge on any atom is -0.443 e. The Bertz CT molecular complexity index is 756. The van der Waals surface area contributed by atoms with Gasteiger partial charge in [0.25, 0.3) is 5.91 Å². The highest BCUT2D eigenvalue weighted by molar-refractivity contribution is 5.90. The first kappa shape index (κ1) is 20.1. The van der Waals surface area contributed by atoms with Crippen molar-refractivity contribution in [2.24, 2.45) is 11.5 Å². The van der Waals surface area contributed by atoms with Crippen molar-refractivity contribution in [3.05, 3.63) is 71.8 Å². The Hall–Kier alpha value is -3.23. The summed E-state index contributed by atoms with van der Waals surface area (Å²) in [5.74, 6) is -2.42. The van der Waals surface area contributed by atoms with Crippen LogP contribution < -0.4 is 16.8 Å². The average Bonchev–Trinajstić information content (AvgIpc) is 2.67. The molecule has 0 saturated carbocycles. The van der Waals surface area contributed by atoms with Crippen molar-refractivity contribution < 1.29 is 24.2 Å². The molecule has 27 heavy (non-hydrogen) atoms. The molecule has 0 heterocycles. The lowest BCUT2D eigenvalue weighted by Crippen LogP contribution is -2.47. The summed E-state index contributed by atoms with van der Waals surface area (Å²) < 4.78 is 4.83. The van der Waals surface area contributed by atoms with Crippen LogP contribution in [0.4, 0.5) is 0 Å². The number of benzene rings is 2. The molecular formula is C19H21N3O5. The van der Waals surface area contributed by atoms with Crippen LogP contribution in [0.3, 0.4) is 0 Å². The third-order valence-electron chi connectivity index (χ3n) is 3.88. The molecule has 0 saturated heterocycles. The number of nitrogens with one attached hydrogen (secondary N) is 1. The molecule has 8 heteroatoms. The van der Waals surface area contributed by atoms with Gasteiger partial charge in [-0.2, -0.15) is 0 Å². The predicted molar refractivity (Wildman–Crippen MR) is 96.8 cm³/mol. The molecule has 0 aliphatic rings. The van der Waals surface area contributed by atoms with Crippen LogP contribution in [-0.2, 0) is 24.7 Å². The highest BCUT2D eigenvalue weighted by Crippen LogP contribution is 2.29. The van der Waals surface area contributed by atoms with Crippen molar-refractivity contribution in [3.63, 3.8) is 0 Å². The van der Waals surface area contributed by atoms with E-state index >= 15 is 0 Å². The quantitative estimate of drug-likeness (QED) is 0.372. The zero-order valence-corrected chi connectivity index (χ0v) is 14.5. The maximum absolute atomic E-state index is 12.7. The molecule has 0 unspecified atom stereocenters. The van der Waals surface area contributed by atoms with E-state index in [9.17, 15) is 19.5 Å². The van der Waals surface area contributed by atoms with Gasteiger partial charge in [0, 0.05) is 0 Å². The fourth-order valence-electron chi connectivity index (χ4n) is 2.50. The van der Waals surface area contributed by atoms with E-state index in [4.69, 9.17) is 16.2 Å². The molecule has 0 aliphatic carbocycles. The summed E-state index contributed by atoms with van der Waals surface area (Å²) in [4.78, 5) is 35.2. The normalized spacial score (nSPS) is 12.1. The Kier molecular flexibility index (Phi) is 6.64. The van der Waals surface area contributed by atoms with Gasteiger partial charge in [0.15, 0.2) is 12.3 Å². The average molecular weight is 371 g/mol. The number of primary amides is 1. The summed E-state index contributed by atoms with van der Waals surface area (Å²) in [5, 5.41) is 13.5. The van der Waals surface area contributed by atoms with Gasteiger partial charge in [0.05, 0.1) is 6.42 Å². The first-order valence-electron chi connectivity index (χ1n) is 8.18. The van der Waals surface area contributed by atoms with E-state index in [2.05, 4.69) is 5.32 Å². The SMILES string of the molecule is NC(=O)C[C@@H](N)C(=O)OCNC(=O)C(O)(c1ccccc1)c1ccccc1. The van der Waals surface area contributed by atoms with Gasteiger partial charge in [-0.15, -0.1) is 0 Å². The fourth-order valence-corrected chi connectivity index (χ4v) is 2.50. The lowest BCUT2D eigenvalue weighted by Gasteiger charge is -2.28. The standard InChI is InChI=1S/C19H21N3O5/c20-15(11-16(21)23)17(24)27-12-22-18(25)19(26,13-7-3-1-4-8-13)14-9-5-2-6-10-14/h1-10,15,26H,11-12,20H2,(H2,21,23)(H,22,25)/t15-/m1/s1. The highest BCUT2D eigenvalue weighted by atomic mass is 16.5. The Morgan fingerprint density at radius 2 is 1.48 bits per heavy atom. The highest BCUT2D eigenvalue weighted by Gasteiger charge is 2.39. The van der Waals surface area contributed by atoms with Crippen molar-refractivity contribution in [1.82, 2.24) is 5.32 Å². The molecule has 2 amide bonds. The number of ether oxygens (including phenoxy) is 1. The predicted octanol–water partition coefficient (Wildman–Crippen LogP) is -0.258. The van der Waals surface area contributed by atoms with E-state index in [1.165, 1.54) is 0 Å². The van der Waals surface area contributed by atoms with Crippen molar-refractivity contribution in [2.45, 2.75) is 18.1 Å². The smallest absolute Gasteiger partial charge is 0.325 e. The Morgan fingerprint density at radius 3 is 1.93 bits per heavy atom. The van der Waals surface area contributed by atoms with Crippen LogP contribution >= 0.6 is 0 Å². The number of esters is 1. The second kappa shape index (κ2) is 8.93. The summed E-state index contributed by atoms with van der Waals surface area (Å²) in [6.07, 6.45) is -0.370. The number of hydrogen-bond acceptors (Lipinski definition) is 6. The first-order chi connectivity index (χ1) is 12.9. The van der Waals surface area contributed by atoms with Gasteiger partial charge in [0.1, 0.15) is 6.04 Å². The Labute approximate surface area is 156 Å². The van der Waals surface area contributed by atoms with Gasteiger partial charge in [0.2, 0.25) is 5.91 Å². The van der Waals surface area contributed by atoms with Crippen LogP contribution in [0.15, 0.2) is 60.7 Å². The van der Waals surface area contributed by atoms with E-state index in [0.29, 0.717) is 11.1 Å². The molecule has 0 aliphatic heterocycles. The number of carbonyl (C=O) groups is 3. The molecule has 142 valence electrons. The monoisotopic (exact) mass is 371 g/mol. The molecule has 2 aromatic rings. The molecule has 2 rings (SSSR count). The molecule has 8 nitrogen and oxygen atoms in total. The molecule has 0 fully saturated rings. The molecule has 1 atom stereocenters. The molecule has 6 N–H and O–H groups in total. The Morgan fingerprint density at radius 1 is 1.00 bits per heavy atom. The topological polar surface area (TPSA) is 145 Å². The van der Waals surface area contributed by atoms with Crippen LogP contribution in [0.5, 0.6) is 0 Å². The van der Waals surface area contributed by atoms with Gasteiger partial charge in [-0.25, -0.2) is 0 Å². The van der Waals surface area contributed by atoms with E-state index < -0.39 is 36.2 Å². The van der Waals surface area contributed by atoms with Crippen molar-refractivity contribution in [2.75, 3.05) is 6.73 Å². The third-order valence-corrected chi connectivity index (χ3v) is 3.88. The molecular weight excluding hydrogens is 350 g/mol. The van der Waals surface area contributed by atoms with Crippen LogP contribution in [0, 0.1) is 0 Å². The molecule has 0 bridgehead atoms. The van der Waals surface area contributed by atoms with E-state index in [1.54, 1.807) is 60.7 Å². The van der Waals surface area contributed by atoms with Gasteiger partial charge < -0.3 is 26.6 Å². The third kappa shape index (κ3) is 4.90. The lowest BCUT2D eigenvalue weighted by molar-refractivity contribution is -0.150. The maximum Gasteiger partial charge on any atom is 0.325 e. The summed E-state index contributed by atoms with van der Waals surface area (Å²) in [7, 11) is 0. The van der Waals surface area contributed by atoms with Crippen molar-refractivity contribution in [3.8, 4) is 0 Å². The largest absolute Gasteiger partial charge is 0.443 e. The van der Waals surface area contributed by atoms with Crippen LogP contribution in [0.25, 0.3) is 0 Å². The number of amides is 2. The minimum atomic E-state index is -1.98. The lowest BCUT2D eigenvalue weighted by atomic mass is 9.85. The van der Waals surface area contributed by atoms with Gasteiger partial charge in [-0.05, 0) is 11.1 Å². The second-order valence-corrected chi connectivity index (χ2v) is 5.83. The van der Waals surface area contributed by atoms with Gasteiger partial charge >= 0.3 is 5.97 Å². The number of carbonyl (C=O) groups excluding carboxylic acids is 3. The zero-order valence-electron chi connectivity index (χ0n) is 14.5. The summed E-state index contributed by atoms with van der Waals surface area (Å²) >= 11 is 0. The maximum atomic E-state index is 12.7. The van der Waals surface area contributed by atoms with Crippen molar-refractivity contribution in [1.29, 1.82) is 0 Å². The molecule has 0 aromatic heterocycles. The molecule has 0 radical (unpaired) electrons. The van der Waals surface area contributed by atoms with Crippen LogP contribution in [0.1, 0.15) is 17.5 Å². The fraction of sp³-hybridized carbons (Fsp3) is 0.211. The zero-order chi connectivity index (χ0) is 19.9. The van der Waals surface area contributed by atoms with E-state index in [1.807, 2.05) is 0 Å². The Balaban J connectivity index is 2.12. The second-order valence-electron chi connectivity index (χ2n) is 5.83. The van der Waals surface area contributed by atoms with Crippen LogP contribution in [0.2, 0.25) is 0 Å². The first-order valence-corrected chi connectivity index (χ1v) is 8.18. The van der Waals surface area contributed by atoms with Gasteiger partial charge in [-0.3, -0.25) is 14.4 Å². The van der Waals surface area contributed by atoms with Crippen LogP contribution in [-0.4, -0.2) is 35.7 Å². The summed E-state index contributed by atoms with van der Waals surface area (Å²) in [5.41, 5.74) is 9.15. The van der Waals surface area contributed by atoms with E-state index in [0.717, 1.165) is 0 Å². The number of aliphatic hydroxyl groups is 1. The van der Waals surface area contributed by atoms with Crippen molar-refractivity contribution >= 4 is 17.8 Å².